The molecule has 1 atom stereocenters. The van der Waals surface area contributed by atoms with Crippen LogP contribution in [0.4, 0.5) is 4.39 Å². The molecule has 0 bridgehead atoms. The number of benzene rings is 1. The van der Waals surface area contributed by atoms with Gasteiger partial charge in [-0.2, -0.15) is 0 Å². The second-order valence-corrected chi connectivity index (χ2v) is 9.07. The van der Waals surface area contributed by atoms with Gasteiger partial charge < -0.3 is 9.80 Å². The van der Waals surface area contributed by atoms with E-state index in [0.717, 1.165) is 0 Å². The predicted octanol–water partition coefficient (Wildman–Crippen LogP) is 1.78. The molecular weight excluding hydrogens is 387 g/mol. The monoisotopic (exact) mass is 406 g/mol. The molecule has 1 fully saturated rings. The van der Waals surface area contributed by atoms with Crippen molar-refractivity contribution in [2.24, 2.45) is 0 Å². The van der Waals surface area contributed by atoms with Gasteiger partial charge in [0.1, 0.15) is 5.82 Å². The van der Waals surface area contributed by atoms with Crippen molar-refractivity contribution in [2.45, 2.75) is 12.5 Å². The number of likely N-dealkylation sites (N-methyl/N-ethyl adjacent to an activating group) is 1. The highest BCUT2D eigenvalue weighted by Gasteiger charge is 2.35. The molecule has 1 aliphatic rings. The Bertz CT molecular complexity index is 694. The molecule has 0 aliphatic carbocycles. The molecule has 1 heterocycles. The average Bonchev–Trinajstić information content (AvgIpc) is 2.81. The van der Waals surface area contributed by atoms with Crippen LogP contribution < -0.4 is 0 Å². The number of hydrogen-bond donors (Lipinski definition) is 0. The minimum Gasteiger partial charge on any atom is -0.333 e. The molecule has 23 heavy (non-hydrogen) atoms. The van der Waals surface area contributed by atoms with Crippen LogP contribution in [0.2, 0.25) is 0 Å². The van der Waals surface area contributed by atoms with Crippen LogP contribution in [0.15, 0.2) is 22.7 Å². The topological polar surface area (TPSA) is 57.7 Å². The molecule has 0 N–H and O–H groups in total. The Balaban J connectivity index is 2.29. The summed E-state index contributed by atoms with van der Waals surface area (Å²) >= 11 is 3.27. The summed E-state index contributed by atoms with van der Waals surface area (Å²) < 4.78 is 37.5. The van der Waals surface area contributed by atoms with Gasteiger partial charge in [0, 0.05) is 23.6 Å². The Morgan fingerprint density at radius 2 is 2.04 bits per heavy atom. The first-order valence-electron chi connectivity index (χ1n) is 7.31. The van der Waals surface area contributed by atoms with Crippen molar-refractivity contribution < 1.29 is 17.6 Å². The van der Waals surface area contributed by atoms with Gasteiger partial charge in [-0.15, -0.1) is 0 Å². The van der Waals surface area contributed by atoms with Crippen molar-refractivity contribution in [3.05, 3.63) is 34.1 Å². The van der Waals surface area contributed by atoms with Gasteiger partial charge >= 0.3 is 0 Å². The molecule has 1 aromatic rings. The van der Waals surface area contributed by atoms with Crippen LogP contribution in [0.25, 0.3) is 0 Å². The van der Waals surface area contributed by atoms with Crippen LogP contribution in [0.1, 0.15) is 16.8 Å². The van der Waals surface area contributed by atoms with Gasteiger partial charge in [-0.05, 0) is 54.6 Å². The third-order valence-electron chi connectivity index (χ3n) is 3.86. The Hall–Kier alpha value is -0.990. The molecule has 1 amide bonds. The summed E-state index contributed by atoms with van der Waals surface area (Å²) in [4.78, 5) is 16.3. The van der Waals surface area contributed by atoms with E-state index in [4.69, 9.17) is 0 Å². The second kappa shape index (κ2) is 7.27. The molecule has 2 rings (SSSR count). The van der Waals surface area contributed by atoms with E-state index in [1.807, 2.05) is 19.0 Å². The molecule has 8 heteroatoms. The lowest BCUT2D eigenvalue weighted by molar-refractivity contribution is 0.0682. The Morgan fingerprint density at radius 1 is 1.35 bits per heavy atom. The van der Waals surface area contributed by atoms with E-state index >= 15 is 0 Å². The maximum absolute atomic E-state index is 13.5. The first-order chi connectivity index (χ1) is 10.7. The Labute approximate surface area is 144 Å². The fraction of sp³-hybridized carbons (Fsp3) is 0.533. The molecule has 1 aliphatic heterocycles. The van der Waals surface area contributed by atoms with Crippen molar-refractivity contribution >= 4 is 31.7 Å². The average molecular weight is 407 g/mol. The van der Waals surface area contributed by atoms with E-state index in [0.29, 0.717) is 24.0 Å². The Morgan fingerprint density at radius 3 is 2.61 bits per heavy atom. The number of hydrogen-bond acceptors (Lipinski definition) is 4. The van der Waals surface area contributed by atoms with Crippen LogP contribution in [-0.2, 0) is 9.84 Å². The van der Waals surface area contributed by atoms with Crippen LogP contribution in [0, 0.1) is 5.82 Å². The zero-order chi connectivity index (χ0) is 17.2. The number of carbonyl (C=O) groups excluding carboxylic acids is 1. The van der Waals surface area contributed by atoms with Gasteiger partial charge in [-0.1, -0.05) is 0 Å². The minimum atomic E-state index is -3.11. The summed E-state index contributed by atoms with van der Waals surface area (Å²) in [5, 5.41) is 0. The zero-order valence-electron chi connectivity index (χ0n) is 13.1. The molecule has 0 radical (unpaired) electrons. The fourth-order valence-corrected chi connectivity index (χ4v) is 4.74. The van der Waals surface area contributed by atoms with E-state index in [1.165, 1.54) is 18.2 Å². The lowest BCUT2D eigenvalue weighted by atomic mass is 10.1. The highest BCUT2D eigenvalue weighted by molar-refractivity contribution is 9.10. The van der Waals surface area contributed by atoms with E-state index in [-0.39, 0.29) is 29.0 Å². The van der Waals surface area contributed by atoms with Gasteiger partial charge in [0.15, 0.2) is 9.84 Å². The van der Waals surface area contributed by atoms with Gasteiger partial charge in [0.25, 0.3) is 5.91 Å². The first-order valence-corrected chi connectivity index (χ1v) is 9.92. The van der Waals surface area contributed by atoms with E-state index < -0.39 is 15.7 Å². The molecule has 0 unspecified atom stereocenters. The lowest BCUT2D eigenvalue weighted by Crippen LogP contribution is -2.44. The predicted molar refractivity (Wildman–Crippen MR) is 90.7 cm³/mol. The molecule has 0 spiro atoms. The van der Waals surface area contributed by atoms with Crippen molar-refractivity contribution in [3.63, 3.8) is 0 Å². The fourth-order valence-electron chi connectivity index (χ4n) is 2.59. The summed E-state index contributed by atoms with van der Waals surface area (Å²) in [6.07, 6.45) is 0.425. The largest absolute Gasteiger partial charge is 0.333 e. The van der Waals surface area contributed by atoms with E-state index in [1.54, 1.807) is 4.90 Å². The Kier molecular flexibility index (Phi) is 5.80. The third-order valence-corrected chi connectivity index (χ3v) is 6.30. The van der Waals surface area contributed by atoms with E-state index in [2.05, 4.69) is 15.9 Å². The van der Waals surface area contributed by atoms with E-state index in [9.17, 15) is 17.6 Å². The number of nitrogens with zero attached hydrogens (tertiary/aromatic N) is 2. The van der Waals surface area contributed by atoms with Crippen molar-refractivity contribution in [3.8, 4) is 0 Å². The molecule has 0 aromatic heterocycles. The quantitative estimate of drug-likeness (QED) is 0.747. The van der Waals surface area contributed by atoms with Crippen molar-refractivity contribution in [2.75, 3.05) is 38.7 Å². The van der Waals surface area contributed by atoms with Crippen molar-refractivity contribution in [1.29, 1.82) is 0 Å². The summed E-state index contributed by atoms with van der Waals surface area (Å²) in [5.74, 6) is -0.782. The summed E-state index contributed by atoms with van der Waals surface area (Å²) in [6.45, 7) is 1.00. The standard InChI is InChI=1S/C15H20BrFN2O3S/c1-18(2)6-7-19(12-5-8-23(21,22)10-12)15(20)13-9-11(17)3-4-14(13)16/h3-4,9,12H,5-8,10H2,1-2H3/t12-/m1/s1. The second-order valence-electron chi connectivity index (χ2n) is 5.98. The normalized spacial score (nSPS) is 20.0. The maximum atomic E-state index is 13.5. The highest BCUT2D eigenvalue weighted by Crippen LogP contribution is 2.24. The molecule has 1 aromatic carbocycles. The van der Waals surface area contributed by atoms with Crippen LogP contribution in [-0.4, -0.2) is 68.9 Å². The zero-order valence-corrected chi connectivity index (χ0v) is 15.5. The molecular formula is C15H20BrFN2O3S. The SMILES string of the molecule is CN(C)CCN(C(=O)c1cc(F)ccc1Br)[C@@H]1CCS(=O)(=O)C1. The molecule has 0 saturated carbocycles. The van der Waals surface area contributed by atoms with Crippen LogP contribution >= 0.6 is 15.9 Å². The number of rotatable bonds is 5. The lowest BCUT2D eigenvalue weighted by Gasteiger charge is -2.30. The summed E-state index contributed by atoms with van der Waals surface area (Å²) in [5.41, 5.74) is 0.216. The maximum Gasteiger partial charge on any atom is 0.255 e. The summed E-state index contributed by atoms with van der Waals surface area (Å²) in [7, 11) is 0.656. The van der Waals surface area contributed by atoms with Crippen LogP contribution in [0.3, 0.4) is 0 Å². The molecule has 1 saturated heterocycles. The third kappa shape index (κ3) is 4.74. The highest BCUT2D eigenvalue weighted by atomic mass is 79.9. The number of sulfone groups is 1. The minimum absolute atomic E-state index is 0.0287. The molecule has 5 nitrogen and oxygen atoms in total. The van der Waals surface area contributed by atoms with Gasteiger partial charge in [-0.25, -0.2) is 12.8 Å². The number of halogens is 2. The van der Waals surface area contributed by atoms with Crippen LogP contribution in [0.5, 0.6) is 0 Å². The number of amides is 1. The smallest absolute Gasteiger partial charge is 0.255 e. The number of carbonyl (C=O) groups is 1. The van der Waals surface area contributed by atoms with Gasteiger partial charge in [-0.3, -0.25) is 4.79 Å². The summed E-state index contributed by atoms with van der Waals surface area (Å²) in [6, 6.07) is 3.57. The van der Waals surface area contributed by atoms with Gasteiger partial charge in [0.2, 0.25) is 0 Å². The van der Waals surface area contributed by atoms with Gasteiger partial charge in [0.05, 0.1) is 17.1 Å². The molecule has 128 valence electrons. The first kappa shape index (κ1) is 18.4. The van der Waals surface area contributed by atoms with Crippen molar-refractivity contribution in [1.82, 2.24) is 9.80 Å².